The lowest BCUT2D eigenvalue weighted by Crippen LogP contribution is -2.00. The summed E-state index contributed by atoms with van der Waals surface area (Å²) in [7, 11) is 1.63. The monoisotopic (exact) mass is 442 g/mol. The summed E-state index contributed by atoms with van der Waals surface area (Å²) in [5, 5.41) is 2.84. The summed E-state index contributed by atoms with van der Waals surface area (Å²) < 4.78 is 11.5. The third kappa shape index (κ3) is 5.01. The molecule has 0 aliphatic carbocycles. The highest BCUT2D eigenvalue weighted by Gasteiger charge is 2.08. The molecule has 0 fully saturated rings. The van der Waals surface area contributed by atoms with Crippen LogP contribution in [0.3, 0.4) is 0 Å². The molecule has 160 valence electrons. The molecule has 4 aromatic carbocycles. The van der Waals surface area contributed by atoms with E-state index in [-0.39, 0.29) is 5.78 Å². The Morgan fingerprint density at radius 2 is 1.69 bits per heavy atom. The number of allylic oxidation sites excluding steroid dienone is 1. The molecular weight excluding hydrogens is 420 g/mol. The van der Waals surface area contributed by atoms with Crippen molar-refractivity contribution >= 4 is 34.2 Å². The highest BCUT2D eigenvalue weighted by atomic mass is 35.5. The van der Waals surface area contributed by atoms with Crippen LogP contribution in [0.2, 0.25) is 5.02 Å². The maximum atomic E-state index is 12.7. The van der Waals surface area contributed by atoms with E-state index in [0.29, 0.717) is 17.2 Å². The van der Waals surface area contributed by atoms with Gasteiger partial charge in [-0.1, -0.05) is 60.1 Å². The average molecular weight is 443 g/mol. The Morgan fingerprint density at radius 3 is 2.47 bits per heavy atom. The van der Waals surface area contributed by atoms with Crippen molar-refractivity contribution < 1.29 is 14.3 Å². The van der Waals surface area contributed by atoms with E-state index in [1.54, 1.807) is 19.3 Å². The Morgan fingerprint density at radius 1 is 0.906 bits per heavy atom. The maximum Gasteiger partial charge on any atom is 0.185 e. The molecule has 4 heteroatoms. The number of ketones is 1. The zero-order chi connectivity index (χ0) is 22.5. The molecule has 4 rings (SSSR count). The number of ether oxygens (including phenoxy) is 2. The highest BCUT2D eigenvalue weighted by molar-refractivity contribution is 6.30. The molecular formula is C28H23ClO3. The van der Waals surface area contributed by atoms with E-state index in [0.717, 1.165) is 39.0 Å². The Balaban J connectivity index is 1.51. The average Bonchev–Trinajstić information content (AvgIpc) is 2.81. The predicted octanol–water partition coefficient (Wildman–Crippen LogP) is 7.29. The maximum absolute atomic E-state index is 12.7. The molecule has 0 bridgehead atoms. The summed E-state index contributed by atoms with van der Waals surface area (Å²) >= 11 is 6.03. The van der Waals surface area contributed by atoms with Crippen LogP contribution in [0.4, 0.5) is 0 Å². The van der Waals surface area contributed by atoms with Gasteiger partial charge in [-0.2, -0.15) is 0 Å². The molecule has 0 amide bonds. The van der Waals surface area contributed by atoms with Crippen molar-refractivity contribution in [2.45, 2.75) is 13.5 Å². The predicted molar refractivity (Wildman–Crippen MR) is 131 cm³/mol. The third-order valence-corrected chi connectivity index (χ3v) is 5.52. The lowest BCUT2D eigenvalue weighted by Gasteiger charge is -2.13. The van der Waals surface area contributed by atoms with Crippen molar-refractivity contribution in [2.75, 3.05) is 7.11 Å². The SMILES string of the molecule is COc1ccc(/C=C/C(=O)c2ccc3ccccc3c2)cc1COc1ccc(Cl)cc1C. The molecule has 0 N–H and O–H groups in total. The molecule has 0 radical (unpaired) electrons. The summed E-state index contributed by atoms with van der Waals surface area (Å²) in [6.07, 6.45) is 3.41. The van der Waals surface area contributed by atoms with Crippen LogP contribution in [-0.4, -0.2) is 12.9 Å². The number of methoxy groups -OCH3 is 1. The highest BCUT2D eigenvalue weighted by Crippen LogP contribution is 2.26. The van der Waals surface area contributed by atoms with E-state index in [9.17, 15) is 4.79 Å². The van der Waals surface area contributed by atoms with Crippen LogP contribution < -0.4 is 9.47 Å². The number of fused-ring (bicyclic) bond motifs is 1. The number of hydrogen-bond donors (Lipinski definition) is 0. The largest absolute Gasteiger partial charge is 0.496 e. The second-order valence-corrected chi connectivity index (χ2v) is 7.97. The van der Waals surface area contributed by atoms with Crippen molar-refractivity contribution in [3.05, 3.63) is 112 Å². The van der Waals surface area contributed by atoms with Crippen molar-refractivity contribution in [1.29, 1.82) is 0 Å². The first-order chi connectivity index (χ1) is 15.5. The number of carbonyl (C=O) groups excluding carboxylic acids is 1. The molecule has 3 nitrogen and oxygen atoms in total. The van der Waals surface area contributed by atoms with Crippen LogP contribution in [0.5, 0.6) is 11.5 Å². The zero-order valence-electron chi connectivity index (χ0n) is 18.0. The number of hydrogen-bond acceptors (Lipinski definition) is 3. The Bertz CT molecular complexity index is 1310. The summed E-state index contributed by atoms with van der Waals surface area (Å²) in [6, 6.07) is 25.0. The number of rotatable bonds is 7. The molecule has 0 aromatic heterocycles. The second-order valence-electron chi connectivity index (χ2n) is 7.53. The van der Waals surface area contributed by atoms with Gasteiger partial charge in [-0.15, -0.1) is 0 Å². The fourth-order valence-electron chi connectivity index (χ4n) is 3.56. The van der Waals surface area contributed by atoms with Crippen molar-refractivity contribution in [3.8, 4) is 11.5 Å². The van der Waals surface area contributed by atoms with E-state index in [1.165, 1.54) is 0 Å². The topological polar surface area (TPSA) is 35.5 Å². The fourth-order valence-corrected chi connectivity index (χ4v) is 3.78. The van der Waals surface area contributed by atoms with Gasteiger partial charge in [0.25, 0.3) is 0 Å². The fraction of sp³-hybridized carbons (Fsp3) is 0.107. The van der Waals surface area contributed by atoms with E-state index in [1.807, 2.05) is 85.8 Å². The smallest absolute Gasteiger partial charge is 0.185 e. The number of halogens is 1. The van der Waals surface area contributed by atoms with Gasteiger partial charge in [0.2, 0.25) is 0 Å². The molecule has 0 aliphatic rings. The Hall–Kier alpha value is -3.56. The first kappa shape index (κ1) is 21.7. The number of carbonyl (C=O) groups is 1. The minimum Gasteiger partial charge on any atom is -0.496 e. The van der Waals surface area contributed by atoms with Gasteiger partial charge in [-0.3, -0.25) is 4.79 Å². The first-order valence-electron chi connectivity index (χ1n) is 10.3. The van der Waals surface area contributed by atoms with Crippen LogP contribution >= 0.6 is 11.6 Å². The van der Waals surface area contributed by atoms with Gasteiger partial charge in [0.05, 0.1) is 7.11 Å². The van der Waals surface area contributed by atoms with Gasteiger partial charge < -0.3 is 9.47 Å². The van der Waals surface area contributed by atoms with Gasteiger partial charge >= 0.3 is 0 Å². The normalized spacial score (nSPS) is 11.1. The number of benzene rings is 4. The lowest BCUT2D eigenvalue weighted by molar-refractivity contribution is 0.104. The Kier molecular flexibility index (Phi) is 6.58. The summed E-state index contributed by atoms with van der Waals surface area (Å²) in [5.41, 5.74) is 3.41. The summed E-state index contributed by atoms with van der Waals surface area (Å²) in [5.74, 6) is 1.46. The second kappa shape index (κ2) is 9.71. The summed E-state index contributed by atoms with van der Waals surface area (Å²) in [4.78, 5) is 12.7. The molecule has 0 unspecified atom stereocenters. The minimum atomic E-state index is -0.0406. The van der Waals surface area contributed by atoms with E-state index in [2.05, 4.69) is 0 Å². The van der Waals surface area contributed by atoms with Gasteiger partial charge in [0.1, 0.15) is 18.1 Å². The van der Waals surface area contributed by atoms with Crippen LogP contribution in [0, 0.1) is 6.92 Å². The lowest BCUT2D eigenvalue weighted by atomic mass is 10.0. The van der Waals surface area contributed by atoms with E-state index >= 15 is 0 Å². The van der Waals surface area contributed by atoms with Crippen molar-refractivity contribution in [2.24, 2.45) is 0 Å². The molecule has 4 aromatic rings. The quantitative estimate of drug-likeness (QED) is 0.223. The standard InChI is InChI=1S/C28H23ClO3/c1-19-15-25(29)11-14-27(19)32-18-24-16-20(8-13-28(24)31-2)7-12-26(30)23-10-9-21-5-3-4-6-22(21)17-23/h3-17H,18H2,1-2H3/b12-7+. The van der Waals surface area contributed by atoms with Crippen LogP contribution in [0.25, 0.3) is 16.8 Å². The van der Waals surface area contributed by atoms with Gasteiger partial charge in [0.15, 0.2) is 5.78 Å². The molecule has 0 aliphatic heterocycles. The molecule has 0 spiro atoms. The van der Waals surface area contributed by atoms with Crippen LogP contribution in [0.15, 0.2) is 84.9 Å². The van der Waals surface area contributed by atoms with E-state index < -0.39 is 0 Å². The zero-order valence-corrected chi connectivity index (χ0v) is 18.7. The van der Waals surface area contributed by atoms with Gasteiger partial charge in [-0.25, -0.2) is 0 Å². The molecule has 0 saturated heterocycles. The molecule has 0 saturated carbocycles. The minimum absolute atomic E-state index is 0.0406. The molecule has 32 heavy (non-hydrogen) atoms. The number of aryl methyl sites for hydroxylation is 1. The molecule has 0 heterocycles. The van der Waals surface area contributed by atoms with Gasteiger partial charge in [-0.05, 0) is 71.3 Å². The Labute approximate surface area is 192 Å². The van der Waals surface area contributed by atoms with Crippen LogP contribution in [0.1, 0.15) is 27.0 Å². The van der Waals surface area contributed by atoms with Crippen molar-refractivity contribution in [3.63, 3.8) is 0 Å². The van der Waals surface area contributed by atoms with Gasteiger partial charge in [0, 0.05) is 16.1 Å². The van der Waals surface area contributed by atoms with E-state index in [4.69, 9.17) is 21.1 Å². The van der Waals surface area contributed by atoms with Crippen molar-refractivity contribution in [1.82, 2.24) is 0 Å². The third-order valence-electron chi connectivity index (χ3n) is 5.29. The van der Waals surface area contributed by atoms with Crippen LogP contribution in [-0.2, 0) is 6.61 Å². The summed E-state index contributed by atoms with van der Waals surface area (Å²) in [6.45, 7) is 2.29. The first-order valence-corrected chi connectivity index (χ1v) is 10.7. The molecule has 0 atom stereocenters.